The van der Waals surface area contributed by atoms with Crippen LogP contribution in [0.5, 0.6) is 0 Å². The van der Waals surface area contributed by atoms with E-state index < -0.39 is 0 Å². The number of hydrogen-bond acceptors (Lipinski definition) is 3. The molecule has 0 saturated carbocycles. The highest BCUT2D eigenvalue weighted by Gasteiger charge is 2.28. The lowest BCUT2D eigenvalue weighted by Gasteiger charge is -2.32. The maximum absolute atomic E-state index is 5.70. The molecular formula is C9H19ClN2O. The lowest BCUT2D eigenvalue weighted by atomic mass is 10.1. The molecular weight excluding hydrogens is 188 g/mol. The Kier molecular flexibility index (Phi) is 4.46. The first-order chi connectivity index (χ1) is 5.86. The van der Waals surface area contributed by atoms with E-state index in [9.17, 15) is 0 Å². The highest BCUT2D eigenvalue weighted by Crippen LogP contribution is 2.14. The summed E-state index contributed by atoms with van der Waals surface area (Å²) >= 11 is 0. The number of ether oxygens (including phenoxy) is 1. The van der Waals surface area contributed by atoms with E-state index in [4.69, 9.17) is 4.74 Å². The lowest BCUT2D eigenvalue weighted by molar-refractivity contribution is -0.0406. The molecule has 2 saturated heterocycles. The quantitative estimate of drug-likeness (QED) is 0.664. The minimum absolute atomic E-state index is 0. The van der Waals surface area contributed by atoms with Crippen LogP contribution in [-0.4, -0.2) is 32.0 Å². The summed E-state index contributed by atoms with van der Waals surface area (Å²) in [6.07, 6.45) is 2.82. The van der Waals surface area contributed by atoms with Gasteiger partial charge in [-0.1, -0.05) is 6.92 Å². The van der Waals surface area contributed by atoms with Gasteiger partial charge in [0, 0.05) is 12.6 Å². The van der Waals surface area contributed by atoms with Gasteiger partial charge in [-0.3, -0.25) is 5.32 Å². The van der Waals surface area contributed by atoms with Crippen LogP contribution in [0.25, 0.3) is 0 Å². The van der Waals surface area contributed by atoms with Crippen LogP contribution in [0.2, 0.25) is 0 Å². The van der Waals surface area contributed by atoms with Gasteiger partial charge in [0.2, 0.25) is 0 Å². The molecule has 2 heterocycles. The standard InChI is InChI=1S/C9H18N2O.ClH/c1-7-5-11-9(12-6-7)8-3-2-4-10-8;/h7-11H,2-6H2,1H3;1H. The van der Waals surface area contributed by atoms with E-state index in [1.54, 1.807) is 0 Å². The largest absolute Gasteiger partial charge is 0.361 e. The van der Waals surface area contributed by atoms with Crippen LogP contribution in [0.3, 0.4) is 0 Å². The predicted octanol–water partition coefficient (Wildman–Crippen LogP) is 0.742. The Balaban J connectivity index is 0.000000845. The van der Waals surface area contributed by atoms with Crippen molar-refractivity contribution in [3.05, 3.63) is 0 Å². The minimum atomic E-state index is 0. The minimum Gasteiger partial charge on any atom is -0.361 e. The molecule has 2 aliphatic heterocycles. The van der Waals surface area contributed by atoms with Crippen molar-refractivity contribution >= 4 is 12.4 Å². The van der Waals surface area contributed by atoms with E-state index in [1.165, 1.54) is 12.8 Å². The average Bonchev–Trinajstić information content (AvgIpc) is 2.58. The van der Waals surface area contributed by atoms with E-state index in [2.05, 4.69) is 17.6 Å². The fraction of sp³-hybridized carbons (Fsp3) is 1.00. The summed E-state index contributed by atoms with van der Waals surface area (Å²) in [4.78, 5) is 0. The smallest absolute Gasteiger partial charge is 0.123 e. The molecule has 3 unspecified atom stereocenters. The number of nitrogens with one attached hydrogen (secondary N) is 2. The Morgan fingerprint density at radius 3 is 2.69 bits per heavy atom. The van der Waals surface area contributed by atoms with Crippen molar-refractivity contribution in [1.82, 2.24) is 10.6 Å². The van der Waals surface area contributed by atoms with Crippen LogP contribution in [0.4, 0.5) is 0 Å². The predicted molar refractivity (Wildman–Crippen MR) is 55.2 cm³/mol. The SMILES string of the molecule is CC1CNC(C2CCCN2)OC1.Cl. The van der Waals surface area contributed by atoms with Crippen molar-refractivity contribution in [3.63, 3.8) is 0 Å². The molecule has 0 bridgehead atoms. The van der Waals surface area contributed by atoms with Crippen molar-refractivity contribution in [2.45, 2.75) is 32.0 Å². The summed E-state index contributed by atoms with van der Waals surface area (Å²) in [6, 6.07) is 0.553. The second-order valence-corrected chi connectivity index (χ2v) is 3.97. The van der Waals surface area contributed by atoms with Crippen molar-refractivity contribution in [1.29, 1.82) is 0 Å². The molecule has 2 rings (SSSR count). The van der Waals surface area contributed by atoms with Crippen molar-refractivity contribution in [3.8, 4) is 0 Å². The zero-order chi connectivity index (χ0) is 8.39. The van der Waals surface area contributed by atoms with Crippen LogP contribution < -0.4 is 10.6 Å². The van der Waals surface area contributed by atoms with Gasteiger partial charge >= 0.3 is 0 Å². The van der Waals surface area contributed by atoms with E-state index in [0.717, 1.165) is 19.7 Å². The van der Waals surface area contributed by atoms with Crippen LogP contribution in [0.1, 0.15) is 19.8 Å². The first kappa shape index (κ1) is 11.2. The molecule has 0 radical (unpaired) electrons. The molecule has 0 amide bonds. The Morgan fingerprint density at radius 1 is 1.31 bits per heavy atom. The second-order valence-electron chi connectivity index (χ2n) is 3.97. The zero-order valence-corrected chi connectivity index (χ0v) is 8.90. The van der Waals surface area contributed by atoms with Gasteiger partial charge in [0.1, 0.15) is 6.23 Å². The number of hydrogen-bond donors (Lipinski definition) is 2. The average molecular weight is 207 g/mol. The number of halogens is 1. The van der Waals surface area contributed by atoms with Crippen molar-refractivity contribution in [2.75, 3.05) is 19.7 Å². The molecule has 4 heteroatoms. The summed E-state index contributed by atoms with van der Waals surface area (Å²) in [5, 5.41) is 6.88. The third kappa shape index (κ3) is 2.81. The van der Waals surface area contributed by atoms with Gasteiger partial charge < -0.3 is 10.1 Å². The summed E-state index contributed by atoms with van der Waals surface area (Å²) in [7, 11) is 0. The molecule has 13 heavy (non-hydrogen) atoms. The molecule has 78 valence electrons. The van der Waals surface area contributed by atoms with Gasteiger partial charge in [0.05, 0.1) is 6.61 Å². The normalized spacial score (nSPS) is 39.9. The molecule has 0 aromatic rings. The Bertz CT molecular complexity index is 143. The third-order valence-corrected chi connectivity index (χ3v) is 2.69. The van der Waals surface area contributed by atoms with Gasteiger partial charge in [0.25, 0.3) is 0 Å². The zero-order valence-electron chi connectivity index (χ0n) is 8.08. The highest BCUT2D eigenvalue weighted by atomic mass is 35.5. The van der Waals surface area contributed by atoms with E-state index in [-0.39, 0.29) is 18.6 Å². The topological polar surface area (TPSA) is 33.3 Å². The molecule has 0 aromatic carbocycles. The van der Waals surface area contributed by atoms with E-state index >= 15 is 0 Å². The third-order valence-electron chi connectivity index (χ3n) is 2.69. The molecule has 3 nitrogen and oxygen atoms in total. The monoisotopic (exact) mass is 206 g/mol. The Hall–Kier alpha value is 0.170. The van der Waals surface area contributed by atoms with Crippen LogP contribution in [-0.2, 0) is 4.74 Å². The van der Waals surface area contributed by atoms with E-state index in [1.807, 2.05) is 0 Å². The molecule has 0 aromatic heterocycles. The fourth-order valence-electron chi connectivity index (χ4n) is 1.93. The van der Waals surface area contributed by atoms with Crippen LogP contribution in [0.15, 0.2) is 0 Å². The van der Waals surface area contributed by atoms with Crippen LogP contribution in [0, 0.1) is 5.92 Å². The first-order valence-electron chi connectivity index (χ1n) is 4.94. The summed E-state index contributed by atoms with van der Waals surface area (Å²) in [6.45, 7) is 5.38. The van der Waals surface area contributed by atoms with Crippen LogP contribution >= 0.6 is 12.4 Å². The molecule has 2 fully saturated rings. The van der Waals surface area contributed by atoms with Gasteiger partial charge in [-0.05, 0) is 25.3 Å². The maximum Gasteiger partial charge on any atom is 0.123 e. The molecule has 2 N–H and O–H groups in total. The summed E-state index contributed by atoms with van der Waals surface area (Å²) in [5.41, 5.74) is 0. The fourth-order valence-corrected chi connectivity index (χ4v) is 1.93. The first-order valence-corrected chi connectivity index (χ1v) is 4.94. The molecule has 0 spiro atoms. The van der Waals surface area contributed by atoms with Gasteiger partial charge in [0.15, 0.2) is 0 Å². The highest BCUT2D eigenvalue weighted by molar-refractivity contribution is 5.85. The maximum atomic E-state index is 5.70. The second kappa shape index (κ2) is 5.15. The van der Waals surface area contributed by atoms with Crippen molar-refractivity contribution in [2.24, 2.45) is 5.92 Å². The Morgan fingerprint density at radius 2 is 2.15 bits per heavy atom. The molecule has 2 aliphatic rings. The summed E-state index contributed by atoms with van der Waals surface area (Å²) in [5.74, 6) is 0.669. The Labute approximate surface area is 86.0 Å². The van der Waals surface area contributed by atoms with E-state index in [0.29, 0.717) is 12.0 Å². The summed E-state index contributed by atoms with van der Waals surface area (Å²) < 4.78 is 5.70. The lowest BCUT2D eigenvalue weighted by Crippen LogP contribution is -2.52. The molecule has 3 atom stereocenters. The van der Waals surface area contributed by atoms with Gasteiger partial charge in [-0.2, -0.15) is 0 Å². The van der Waals surface area contributed by atoms with Gasteiger partial charge in [-0.15, -0.1) is 12.4 Å². The van der Waals surface area contributed by atoms with Gasteiger partial charge in [-0.25, -0.2) is 0 Å². The van der Waals surface area contributed by atoms with Crippen molar-refractivity contribution < 1.29 is 4.74 Å². The molecule has 0 aliphatic carbocycles. The number of rotatable bonds is 1.